The van der Waals surface area contributed by atoms with E-state index in [2.05, 4.69) is 20.6 Å². The highest BCUT2D eigenvalue weighted by molar-refractivity contribution is 7.86. The molecule has 0 bridgehead atoms. The van der Waals surface area contributed by atoms with E-state index < -0.39 is 10.1 Å². The Bertz CT molecular complexity index is 1150. The summed E-state index contributed by atoms with van der Waals surface area (Å²) in [5.41, 5.74) is 0.656. The van der Waals surface area contributed by atoms with Crippen LogP contribution in [0.1, 0.15) is 0 Å². The molecule has 3 rings (SSSR count). The molecule has 10 heteroatoms. The van der Waals surface area contributed by atoms with E-state index in [9.17, 15) is 13.0 Å². The van der Waals surface area contributed by atoms with Crippen LogP contribution in [-0.4, -0.2) is 13.0 Å². The fourth-order valence-corrected chi connectivity index (χ4v) is 3.30. The first-order valence-corrected chi connectivity index (χ1v) is 9.04. The Labute approximate surface area is 153 Å². The second-order valence-electron chi connectivity index (χ2n) is 5.13. The van der Waals surface area contributed by atoms with E-state index in [4.69, 9.17) is 17.4 Å². The van der Waals surface area contributed by atoms with Crippen molar-refractivity contribution in [1.82, 2.24) is 0 Å². The monoisotopic (exact) mass is 389 g/mol. The molecule has 0 aromatic heterocycles. The topological polar surface area (TPSA) is 130 Å². The maximum atomic E-state index is 11.8. The molecule has 0 atom stereocenters. The van der Waals surface area contributed by atoms with Crippen molar-refractivity contribution in [2.24, 2.45) is 26.4 Å². The molecule has 0 saturated heterocycles. The van der Waals surface area contributed by atoms with Crippen molar-refractivity contribution in [3.05, 3.63) is 59.6 Å². The van der Waals surface area contributed by atoms with E-state index >= 15 is 0 Å². The van der Waals surface area contributed by atoms with Gasteiger partial charge in [-0.2, -0.15) is 8.42 Å². The summed E-state index contributed by atoms with van der Waals surface area (Å²) in [6, 6.07) is 14.4. The van der Waals surface area contributed by atoms with Gasteiger partial charge in [0.2, 0.25) is 0 Å². The molecule has 0 saturated carbocycles. The lowest BCUT2D eigenvalue weighted by Crippen LogP contribution is -1.99. The van der Waals surface area contributed by atoms with Gasteiger partial charge in [-0.05, 0) is 18.2 Å². The van der Waals surface area contributed by atoms with Crippen LogP contribution >= 0.6 is 11.6 Å². The fourth-order valence-electron chi connectivity index (χ4n) is 2.41. The lowest BCUT2D eigenvalue weighted by Gasteiger charge is -2.08. The zero-order valence-electron chi connectivity index (χ0n) is 13.1. The number of rotatable bonds is 4. The zero-order chi connectivity index (χ0) is 18.7. The minimum Gasteiger partial charge on any atom is -0.305 e. The van der Waals surface area contributed by atoms with Gasteiger partial charge in [0.25, 0.3) is 10.1 Å². The van der Waals surface area contributed by atoms with Gasteiger partial charge in [-0.25, -0.2) is 0 Å². The molecular weight excluding hydrogens is 378 g/mol. The summed E-state index contributed by atoms with van der Waals surface area (Å²) >= 11 is 6.04. The number of azo groups is 1. The molecule has 0 aliphatic carbocycles. The van der Waals surface area contributed by atoms with Crippen LogP contribution in [0.2, 0.25) is 5.02 Å². The third-order valence-electron chi connectivity index (χ3n) is 3.51. The highest BCUT2D eigenvalue weighted by Crippen LogP contribution is 2.41. The van der Waals surface area contributed by atoms with Gasteiger partial charge >= 0.3 is 0 Å². The number of benzene rings is 3. The molecule has 3 aromatic carbocycles. The van der Waals surface area contributed by atoms with Gasteiger partial charge in [0, 0.05) is 10.8 Å². The third-order valence-corrected chi connectivity index (χ3v) is 4.72. The Balaban J connectivity index is 2.30. The molecule has 0 aliphatic rings. The minimum atomic E-state index is -4.51. The van der Waals surface area contributed by atoms with Crippen molar-refractivity contribution in [3.63, 3.8) is 0 Å². The second-order valence-corrected chi connectivity index (χ2v) is 6.93. The van der Waals surface area contributed by atoms with Crippen molar-refractivity contribution in [1.29, 1.82) is 0 Å². The van der Waals surface area contributed by atoms with E-state index in [1.165, 1.54) is 6.07 Å². The highest BCUT2D eigenvalue weighted by atomic mass is 35.5. The first kappa shape index (κ1) is 17.9. The number of halogens is 1. The molecule has 0 radical (unpaired) electrons. The van der Waals surface area contributed by atoms with E-state index in [1.54, 1.807) is 42.5 Å². The standard InChI is InChI=1S/C16H12ClN5O3S/c17-12-7-3-4-8-13(12)19-20-14-9-15(26(23,24)25)10-5-1-2-6-11(10)16(14)21-22-18/h1-9H,(H2,18,21)(H,23,24,25). The predicted molar refractivity (Wildman–Crippen MR) is 98.1 cm³/mol. The van der Waals surface area contributed by atoms with Crippen LogP contribution in [0.25, 0.3) is 10.8 Å². The summed E-state index contributed by atoms with van der Waals surface area (Å²) in [6.07, 6.45) is 0. The predicted octanol–water partition coefficient (Wildman–Crippen LogP) is 5.11. The molecule has 132 valence electrons. The van der Waals surface area contributed by atoms with E-state index in [0.29, 0.717) is 16.1 Å². The first-order chi connectivity index (χ1) is 12.4. The third kappa shape index (κ3) is 3.54. The molecule has 3 N–H and O–H groups in total. The molecule has 26 heavy (non-hydrogen) atoms. The van der Waals surface area contributed by atoms with Gasteiger partial charge in [-0.15, -0.1) is 15.3 Å². The summed E-state index contributed by atoms with van der Waals surface area (Å²) in [5, 5.41) is 16.2. The van der Waals surface area contributed by atoms with E-state index in [-0.39, 0.29) is 21.7 Å². The lowest BCUT2D eigenvalue weighted by atomic mass is 10.1. The largest absolute Gasteiger partial charge is 0.305 e. The van der Waals surface area contributed by atoms with Gasteiger partial charge in [-0.1, -0.05) is 53.2 Å². The second kappa shape index (κ2) is 7.16. The van der Waals surface area contributed by atoms with Gasteiger partial charge in [0.15, 0.2) is 0 Å². The quantitative estimate of drug-likeness (QED) is 0.277. The summed E-state index contributed by atoms with van der Waals surface area (Å²) in [5.74, 6) is 5.17. The number of hydrogen-bond acceptors (Lipinski definition) is 6. The Hall–Kier alpha value is -2.88. The molecule has 0 aliphatic heterocycles. The average Bonchev–Trinajstić information content (AvgIpc) is 2.61. The van der Waals surface area contributed by atoms with Crippen LogP contribution in [0.3, 0.4) is 0 Å². The van der Waals surface area contributed by atoms with Crippen LogP contribution in [0.5, 0.6) is 0 Å². The van der Waals surface area contributed by atoms with Crippen molar-refractivity contribution in [2.45, 2.75) is 4.90 Å². The first-order valence-electron chi connectivity index (χ1n) is 7.22. The molecule has 3 aromatic rings. The Morgan fingerprint density at radius 1 is 0.885 bits per heavy atom. The van der Waals surface area contributed by atoms with E-state index in [1.807, 2.05) is 0 Å². The number of nitrogens with zero attached hydrogens (tertiary/aromatic N) is 4. The molecule has 0 fully saturated rings. The Kier molecular flexibility index (Phi) is 4.94. The SMILES string of the molecule is NN=Nc1c(N=Nc2ccccc2Cl)cc(S(=O)(=O)O)c2ccccc12. The number of hydrogen-bond donors (Lipinski definition) is 2. The summed E-state index contributed by atoms with van der Waals surface area (Å²) in [6.45, 7) is 0. The van der Waals surface area contributed by atoms with Crippen molar-refractivity contribution < 1.29 is 13.0 Å². The lowest BCUT2D eigenvalue weighted by molar-refractivity contribution is 0.484. The van der Waals surface area contributed by atoms with Gasteiger partial charge in [0.1, 0.15) is 22.0 Å². The van der Waals surface area contributed by atoms with E-state index in [0.717, 1.165) is 6.07 Å². The smallest absolute Gasteiger partial charge is 0.295 e. The van der Waals surface area contributed by atoms with Crippen molar-refractivity contribution >= 4 is 49.6 Å². The molecule has 0 heterocycles. The van der Waals surface area contributed by atoms with Crippen molar-refractivity contribution in [3.8, 4) is 0 Å². The normalized spacial score (nSPS) is 12.4. The van der Waals surface area contributed by atoms with Crippen LogP contribution in [-0.2, 0) is 10.1 Å². The van der Waals surface area contributed by atoms with Crippen LogP contribution in [0.15, 0.2) is 80.1 Å². The summed E-state index contributed by atoms with van der Waals surface area (Å²) < 4.78 is 33.1. The van der Waals surface area contributed by atoms with Crippen LogP contribution < -0.4 is 5.84 Å². The zero-order valence-corrected chi connectivity index (χ0v) is 14.7. The summed E-state index contributed by atoms with van der Waals surface area (Å²) in [7, 11) is -4.51. The Morgan fingerprint density at radius 3 is 2.15 bits per heavy atom. The van der Waals surface area contributed by atoms with Gasteiger partial charge in [0.05, 0.1) is 5.02 Å². The minimum absolute atomic E-state index is 0.0606. The molecule has 0 amide bonds. The number of fused-ring (bicyclic) bond motifs is 1. The molecule has 8 nitrogen and oxygen atoms in total. The summed E-state index contributed by atoms with van der Waals surface area (Å²) in [4.78, 5) is -0.322. The maximum absolute atomic E-state index is 11.8. The number of nitrogens with two attached hydrogens (primary N) is 1. The highest BCUT2D eigenvalue weighted by Gasteiger charge is 2.19. The molecule has 0 unspecified atom stereocenters. The maximum Gasteiger partial charge on any atom is 0.295 e. The molecular formula is C16H12ClN5O3S. The van der Waals surface area contributed by atoms with Gasteiger partial charge < -0.3 is 5.84 Å². The van der Waals surface area contributed by atoms with Crippen LogP contribution in [0, 0.1) is 0 Å². The average molecular weight is 390 g/mol. The van der Waals surface area contributed by atoms with Crippen molar-refractivity contribution in [2.75, 3.05) is 0 Å². The van der Waals surface area contributed by atoms with Crippen LogP contribution in [0.4, 0.5) is 17.1 Å². The Morgan fingerprint density at radius 2 is 1.50 bits per heavy atom. The fraction of sp³-hybridized carbons (Fsp3) is 0. The van der Waals surface area contributed by atoms with Gasteiger partial charge in [-0.3, -0.25) is 4.55 Å². The molecule has 0 spiro atoms.